The van der Waals surface area contributed by atoms with Crippen LogP contribution >= 0.6 is 15.9 Å². The lowest BCUT2D eigenvalue weighted by Crippen LogP contribution is -2.31. The van der Waals surface area contributed by atoms with E-state index in [-0.39, 0.29) is 12.1 Å². The first kappa shape index (κ1) is 15.8. The van der Waals surface area contributed by atoms with E-state index in [1.54, 1.807) is 0 Å². The van der Waals surface area contributed by atoms with Crippen molar-refractivity contribution in [2.45, 2.75) is 30.7 Å². The van der Waals surface area contributed by atoms with Gasteiger partial charge in [0.15, 0.2) is 6.10 Å². The molecule has 0 aliphatic heterocycles. The fourth-order valence-electron chi connectivity index (χ4n) is 1.96. The van der Waals surface area contributed by atoms with E-state index in [0.717, 1.165) is 11.1 Å². The standard InChI is InChI=1S/C18H19BrO2/c1-3-18(2,19)17(20)21-16(14-10-6-4-7-11-14)15-12-8-5-9-13-15/h4-13,16H,3H2,1-2H3. The molecule has 3 heteroatoms. The molecule has 0 saturated carbocycles. The second-order valence-corrected chi connectivity index (χ2v) is 6.91. The number of hydrogen-bond acceptors (Lipinski definition) is 2. The number of esters is 1. The number of ether oxygens (including phenoxy) is 1. The van der Waals surface area contributed by atoms with Gasteiger partial charge in [-0.2, -0.15) is 0 Å². The van der Waals surface area contributed by atoms with Gasteiger partial charge < -0.3 is 4.74 Å². The normalized spacial score (nSPS) is 13.7. The fraction of sp³-hybridized carbons (Fsp3) is 0.278. The van der Waals surface area contributed by atoms with Gasteiger partial charge in [-0.25, -0.2) is 0 Å². The minimum absolute atomic E-state index is 0.247. The van der Waals surface area contributed by atoms with Crippen molar-refractivity contribution in [1.29, 1.82) is 0 Å². The highest BCUT2D eigenvalue weighted by atomic mass is 79.9. The lowest BCUT2D eigenvalue weighted by atomic mass is 10.0. The molecule has 2 aromatic rings. The maximum Gasteiger partial charge on any atom is 0.323 e. The molecule has 0 heterocycles. The minimum atomic E-state index is -0.658. The summed E-state index contributed by atoms with van der Waals surface area (Å²) in [6.45, 7) is 3.79. The van der Waals surface area contributed by atoms with E-state index in [1.165, 1.54) is 0 Å². The molecule has 0 aromatic heterocycles. The third-order valence-electron chi connectivity index (χ3n) is 3.52. The number of alkyl halides is 1. The average molecular weight is 347 g/mol. The van der Waals surface area contributed by atoms with Crippen molar-refractivity contribution >= 4 is 21.9 Å². The van der Waals surface area contributed by atoms with Crippen molar-refractivity contribution in [2.24, 2.45) is 0 Å². The van der Waals surface area contributed by atoms with Crippen LogP contribution in [-0.4, -0.2) is 10.3 Å². The number of rotatable bonds is 5. The maximum atomic E-state index is 12.4. The summed E-state index contributed by atoms with van der Waals surface area (Å²) in [4.78, 5) is 12.4. The summed E-state index contributed by atoms with van der Waals surface area (Å²) in [5.41, 5.74) is 1.94. The molecule has 21 heavy (non-hydrogen) atoms. The van der Waals surface area contributed by atoms with Crippen LogP contribution in [-0.2, 0) is 9.53 Å². The number of benzene rings is 2. The molecular weight excluding hydrogens is 328 g/mol. The van der Waals surface area contributed by atoms with Crippen LogP contribution < -0.4 is 0 Å². The third-order valence-corrected chi connectivity index (χ3v) is 4.40. The molecule has 0 bridgehead atoms. The van der Waals surface area contributed by atoms with E-state index in [0.29, 0.717) is 6.42 Å². The summed E-state index contributed by atoms with van der Waals surface area (Å²) in [5.74, 6) is -0.247. The molecule has 0 N–H and O–H groups in total. The quantitative estimate of drug-likeness (QED) is 0.569. The van der Waals surface area contributed by atoms with Crippen molar-refractivity contribution in [1.82, 2.24) is 0 Å². The van der Waals surface area contributed by atoms with Crippen molar-refractivity contribution in [3.05, 3.63) is 71.8 Å². The first-order valence-electron chi connectivity index (χ1n) is 7.04. The van der Waals surface area contributed by atoms with Gasteiger partial charge in [-0.1, -0.05) is 83.5 Å². The van der Waals surface area contributed by atoms with Crippen LogP contribution in [0.3, 0.4) is 0 Å². The van der Waals surface area contributed by atoms with Crippen molar-refractivity contribution < 1.29 is 9.53 Å². The lowest BCUT2D eigenvalue weighted by molar-refractivity contribution is -0.149. The number of hydrogen-bond donors (Lipinski definition) is 0. The van der Waals surface area contributed by atoms with E-state index < -0.39 is 4.32 Å². The Morgan fingerprint density at radius 1 is 1.05 bits per heavy atom. The van der Waals surface area contributed by atoms with E-state index >= 15 is 0 Å². The molecule has 0 radical (unpaired) electrons. The molecule has 2 aromatic carbocycles. The summed E-state index contributed by atoms with van der Waals surface area (Å²) in [7, 11) is 0. The van der Waals surface area contributed by atoms with Gasteiger partial charge in [0.2, 0.25) is 0 Å². The van der Waals surface area contributed by atoms with E-state index in [9.17, 15) is 4.79 Å². The van der Waals surface area contributed by atoms with Crippen LogP contribution in [0.15, 0.2) is 60.7 Å². The van der Waals surface area contributed by atoms with E-state index in [4.69, 9.17) is 4.74 Å². The monoisotopic (exact) mass is 346 g/mol. The topological polar surface area (TPSA) is 26.3 Å². The van der Waals surface area contributed by atoms with Gasteiger partial charge in [0.1, 0.15) is 4.32 Å². The zero-order valence-corrected chi connectivity index (χ0v) is 13.8. The second kappa shape index (κ2) is 6.90. The predicted molar refractivity (Wildman–Crippen MR) is 88.4 cm³/mol. The zero-order chi connectivity index (χ0) is 15.3. The van der Waals surface area contributed by atoms with Crippen LogP contribution in [0.2, 0.25) is 0 Å². The second-order valence-electron chi connectivity index (χ2n) is 5.16. The predicted octanol–water partition coefficient (Wildman–Crippen LogP) is 4.88. The number of halogens is 1. The minimum Gasteiger partial charge on any atom is -0.452 e. The van der Waals surface area contributed by atoms with Gasteiger partial charge in [-0.05, 0) is 24.5 Å². The van der Waals surface area contributed by atoms with Crippen LogP contribution in [0, 0.1) is 0 Å². The Hall–Kier alpha value is -1.61. The summed E-state index contributed by atoms with van der Waals surface area (Å²) < 4.78 is 5.13. The largest absolute Gasteiger partial charge is 0.452 e. The molecule has 1 atom stereocenters. The molecule has 0 aliphatic rings. The van der Waals surface area contributed by atoms with Crippen LogP contribution in [0.4, 0.5) is 0 Å². The Balaban J connectivity index is 2.32. The van der Waals surface area contributed by atoms with E-state index in [2.05, 4.69) is 15.9 Å². The molecular formula is C18H19BrO2. The van der Waals surface area contributed by atoms with Gasteiger partial charge in [-0.15, -0.1) is 0 Å². The van der Waals surface area contributed by atoms with Crippen molar-refractivity contribution in [3.8, 4) is 0 Å². The maximum absolute atomic E-state index is 12.4. The Kier molecular flexibility index (Phi) is 5.18. The highest BCUT2D eigenvalue weighted by Gasteiger charge is 2.32. The number of carbonyl (C=O) groups is 1. The van der Waals surface area contributed by atoms with Crippen molar-refractivity contribution in [3.63, 3.8) is 0 Å². The summed E-state index contributed by atoms with van der Waals surface area (Å²) in [5, 5.41) is 0. The Morgan fingerprint density at radius 3 is 1.86 bits per heavy atom. The third kappa shape index (κ3) is 3.94. The van der Waals surface area contributed by atoms with E-state index in [1.807, 2.05) is 74.5 Å². The Labute approximate surface area is 134 Å². The van der Waals surface area contributed by atoms with Gasteiger partial charge in [-0.3, -0.25) is 4.79 Å². The first-order chi connectivity index (χ1) is 10.0. The SMILES string of the molecule is CCC(C)(Br)C(=O)OC(c1ccccc1)c1ccccc1. The van der Waals surface area contributed by atoms with Gasteiger partial charge in [0.25, 0.3) is 0 Å². The van der Waals surface area contributed by atoms with Crippen LogP contribution in [0.1, 0.15) is 37.5 Å². The molecule has 0 saturated heterocycles. The first-order valence-corrected chi connectivity index (χ1v) is 7.84. The van der Waals surface area contributed by atoms with Crippen molar-refractivity contribution in [2.75, 3.05) is 0 Å². The summed E-state index contributed by atoms with van der Waals surface area (Å²) >= 11 is 3.45. The molecule has 0 spiro atoms. The molecule has 2 nitrogen and oxygen atoms in total. The summed E-state index contributed by atoms with van der Waals surface area (Å²) in [6, 6.07) is 19.6. The zero-order valence-electron chi connectivity index (χ0n) is 12.3. The molecule has 0 fully saturated rings. The highest BCUT2D eigenvalue weighted by Crippen LogP contribution is 2.31. The highest BCUT2D eigenvalue weighted by molar-refractivity contribution is 9.10. The molecule has 0 amide bonds. The van der Waals surface area contributed by atoms with Gasteiger partial charge in [0.05, 0.1) is 0 Å². The molecule has 110 valence electrons. The smallest absolute Gasteiger partial charge is 0.323 e. The van der Waals surface area contributed by atoms with Crippen LogP contribution in [0.5, 0.6) is 0 Å². The molecule has 2 rings (SSSR count). The Bertz CT molecular complexity index is 539. The summed E-state index contributed by atoms with van der Waals surface area (Å²) in [6.07, 6.45) is 0.283. The molecule has 0 aliphatic carbocycles. The fourth-order valence-corrected chi connectivity index (χ4v) is 2.05. The number of carbonyl (C=O) groups excluding carboxylic acids is 1. The Morgan fingerprint density at radius 2 is 1.48 bits per heavy atom. The molecule has 1 unspecified atom stereocenters. The van der Waals surface area contributed by atoms with Gasteiger partial charge >= 0.3 is 5.97 Å². The average Bonchev–Trinajstić information content (AvgIpc) is 2.54. The van der Waals surface area contributed by atoms with Gasteiger partial charge in [0, 0.05) is 0 Å². The van der Waals surface area contributed by atoms with Crippen LogP contribution in [0.25, 0.3) is 0 Å². The lowest BCUT2D eigenvalue weighted by Gasteiger charge is -2.24.